The maximum Gasteiger partial charge on any atom is 0.228 e. The summed E-state index contributed by atoms with van der Waals surface area (Å²) in [5.74, 6) is 0.390. The number of nitrogens with zero attached hydrogens (tertiary/aromatic N) is 2. The third-order valence-electron chi connectivity index (χ3n) is 7.27. The van der Waals surface area contributed by atoms with Gasteiger partial charge in [-0.25, -0.2) is 0 Å². The van der Waals surface area contributed by atoms with Gasteiger partial charge in [-0.2, -0.15) is 0 Å². The SMILES string of the molecule is C/C=C1/CN2CC[C@]34C(=C(C=N)[C@H]1C[C@H]23)N(C(C)=O)c1c4ccc(OC)c1O. The first-order valence-corrected chi connectivity index (χ1v) is 9.85. The quantitative estimate of drug-likeness (QED) is 0.612. The predicted molar refractivity (Wildman–Crippen MR) is 107 cm³/mol. The molecule has 1 aromatic carbocycles. The van der Waals surface area contributed by atoms with Crippen molar-refractivity contribution < 1.29 is 14.6 Å². The molecule has 4 aliphatic rings. The number of phenols is 1. The first kappa shape index (κ1) is 17.5. The lowest BCUT2D eigenvalue weighted by atomic mass is 9.62. The number of hydrogen-bond acceptors (Lipinski definition) is 5. The standard InChI is InChI=1S/C22H25N3O3/c1-4-13-11-24-8-7-22-16-5-6-17(28-3)20(27)19(16)25(12(2)26)21(22)15(10-23)14(13)9-18(22)24/h4-6,10,14,18,23,27H,7-9,11H2,1-3H3/b13-4-,23-10?/t14-,18-,22+/m0/s1. The summed E-state index contributed by atoms with van der Waals surface area (Å²) in [4.78, 5) is 17.0. The van der Waals surface area contributed by atoms with Crippen LogP contribution in [-0.2, 0) is 10.2 Å². The minimum Gasteiger partial charge on any atom is -0.503 e. The lowest BCUT2D eigenvalue weighted by molar-refractivity contribution is -0.116. The lowest BCUT2D eigenvalue weighted by Gasteiger charge is -2.49. The zero-order chi connectivity index (χ0) is 19.8. The number of carbonyl (C=O) groups excluding carboxylic acids is 1. The number of rotatable bonds is 2. The molecule has 2 N–H and O–H groups in total. The molecule has 0 radical (unpaired) electrons. The first-order valence-electron chi connectivity index (χ1n) is 9.85. The van der Waals surface area contributed by atoms with Crippen LogP contribution in [-0.4, -0.2) is 48.4 Å². The van der Waals surface area contributed by atoms with Crippen LogP contribution in [0.1, 0.15) is 32.3 Å². The molecule has 2 bridgehead atoms. The van der Waals surface area contributed by atoms with E-state index in [0.29, 0.717) is 11.4 Å². The zero-order valence-electron chi connectivity index (χ0n) is 16.5. The summed E-state index contributed by atoms with van der Waals surface area (Å²) in [5.41, 5.74) is 4.31. The van der Waals surface area contributed by atoms with Crippen LogP contribution >= 0.6 is 0 Å². The monoisotopic (exact) mass is 379 g/mol. The summed E-state index contributed by atoms with van der Waals surface area (Å²) in [6.07, 6.45) is 5.44. The van der Waals surface area contributed by atoms with Crippen molar-refractivity contribution >= 4 is 17.8 Å². The topological polar surface area (TPSA) is 76.9 Å². The Bertz CT molecular complexity index is 979. The van der Waals surface area contributed by atoms with Crippen molar-refractivity contribution in [1.29, 1.82) is 5.41 Å². The van der Waals surface area contributed by atoms with Gasteiger partial charge in [0.05, 0.1) is 18.2 Å². The smallest absolute Gasteiger partial charge is 0.228 e. The molecule has 3 heterocycles. The average molecular weight is 379 g/mol. The van der Waals surface area contributed by atoms with Gasteiger partial charge in [-0.3, -0.25) is 14.6 Å². The number of aromatic hydroxyl groups is 1. The van der Waals surface area contributed by atoms with Crippen LogP contribution in [0.4, 0.5) is 5.69 Å². The van der Waals surface area contributed by atoms with Crippen LogP contribution in [0.5, 0.6) is 11.5 Å². The third kappa shape index (κ3) is 1.82. The van der Waals surface area contributed by atoms with Gasteiger partial charge in [0.1, 0.15) is 0 Å². The molecule has 1 aliphatic carbocycles. The van der Waals surface area contributed by atoms with E-state index in [1.807, 2.05) is 6.07 Å². The Morgan fingerprint density at radius 2 is 2.21 bits per heavy atom. The lowest BCUT2D eigenvalue weighted by Crippen LogP contribution is -2.54. The molecule has 3 aliphatic heterocycles. The molecule has 1 spiro atoms. The molecule has 28 heavy (non-hydrogen) atoms. The highest BCUT2D eigenvalue weighted by atomic mass is 16.5. The molecule has 3 atom stereocenters. The second-order valence-corrected chi connectivity index (χ2v) is 8.17. The van der Waals surface area contributed by atoms with Crippen LogP contribution in [0.15, 0.2) is 35.1 Å². The van der Waals surface area contributed by atoms with Gasteiger partial charge in [-0.15, -0.1) is 0 Å². The Hall–Kier alpha value is -2.60. The van der Waals surface area contributed by atoms with Gasteiger partial charge in [0.25, 0.3) is 0 Å². The largest absolute Gasteiger partial charge is 0.503 e. The number of amides is 1. The molecule has 6 heteroatoms. The summed E-state index contributed by atoms with van der Waals surface area (Å²) in [6.45, 7) is 5.45. The van der Waals surface area contributed by atoms with Gasteiger partial charge in [0, 0.05) is 43.9 Å². The number of anilines is 1. The Balaban J connectivity index is 1.89. The number of fused-ring (bicyclic) bond motifs is 2. The number of allylic oxidation sites excluding steroid dienone is 2. The first-order chi connectivity index (χ1) is 13.5. The highest BCUT2D eigenvalue weighted by molar-refractivity contribution is 6.04. The number of ether oxygens (including phenoxy) is 1. The molecule has 2 saturated heterocycles. The molecule has 1 amide bonds. The van der Waals surface area contributed by atoms with Crippen LogP contribution < -0.4 is 9.64 Å². The van der Waals surface area contributed by atoms with Gasteiger partial charge in [-0.05, 0) is 37.0 Å². The number of methoxy groups -OCH3 is 1. The van der Waals surface area contributed by atoms with E-state index in [1.54, 1.807) is 11.0 Å². The van der Waals surface area contributed by atoms with E-state index in [4.69, 9.17) is 10.1 Å². The second kappa shape index (κ2) is 5.70. The van der Waals surface area contributed by atoms with E-state index >= 15 is 0 Å². The van der Waals surface area contributed by atoms with Gasteiger partial charge in [-0.1, -0.05) is 17.7 Å². The van der Waals surface area contributed by atoms with E-state index in [-0.39, 0.29) is 29.0 Å². The van der Waals surface area contributed by atoms with E-state index in [2.05, 4.69) is 17.9 Å². The maximum absolute atomic E-state index is 12.9. The number of nitrogens with one attached hydrogen (secondary N) is 1. The summed E-state index contributed by atoms with van der Waals surface area (Å²) in [7, 11) is 1.52. The summed E-state index contributed by atoms with van der Waals surface area (Å²) >= 11 is 0. The fraction of sp³-hybridized carbons (Fsp3) is 0.455. The molecule has 1 aromatic rings. The highest BCUT2D eigenvalue weighted by Crippen LogP contribution is 2.65. The van der Waals surface area contributed by atoms with Crippen molar-refractivity contribution in [3.05, 3.63) is 40.6 Å². The van der Waals surface area contributed by atoms with E-state index in [1.165, 1.54) is 25.8 Å². The van der Waals surface area contributed by atoms with Crippen molar-refractivity contribution in [2.75, 3.05) is 25.1 Å². The van der Waals surface area contributed by atoms with Gasteiger partial charge >= 0.3 is 0 Å². The molecule has 2 fully saturated rings. The van der Waals surface area contributed by atoms with Crippen molar-refractivity contribution in [3.63, 3.8) is 0 Å². The van der Waals surface area contributed by atoms with Crippen molar-refractivity contribution in [2.24, 2.45) is 5.92 Å². The molecule has 0 unspecified atom stereocenters. The fourth-order valence-electron chi connectivity index (χ4n) is 6.21. The molecular formula is C22H25N3O3. The van der Waals surface area contributed by atoms with Crippen molar-refractivity contribution in [1.82, 2.24) is 4.90 Å². The summed E-state index contributed by atoms with van der Waals surface area (Å²) in [6, 6.07) is 4.08. The second-order valence-electron chi connectivity index (χ2n) is 8.17. The average Bonchev–Trinajstić information content (AvgIpc) is 3.23. The Kier molecular flexibility index (Phi) is 3.56. The molecule has 0 aromatic heterocycles. The van der Waals surface area contributed by atoms with Gasteiger partial charge in [0.2, 0.25) is 5.91 Å². The number of carbonyl (C=O) groups is 1. The van der Waals surface area contributed by atoms with Crippen molar-refractivity contribution in [3.8, 4) is 11.5 Å². The number of benzene rings is 1. The highest BCUT2D eigenvalue weighted by Gasteiger charge is 2.64. The summed E-state index contributed by atoms with van der Waals surface area (Å²) < 4.78 is 5.33. The molecule has 0 saturated carbocycles. The molecular weight excluding hydrogens is 354 g/mol. The normalized spacial score (nSPS) is 31.8. The van der Waals surface area contributed by atoms with Crippen molar-refractivity contribution in [2.45, 2.75) is 38.1 Å². The summed E-state index contributed by atoms with van der Waals surface area (Å²) in [5, 5.41) is 19.2. The predicted octanol–water partition coefficient (Wildman–Crippen LogP) is 2.96. The Morgan fingerprint density at radius 3 is 2.86 bits per heavy atom. The van der Waals surface area contributed by atoms with E-state index < -0.39 is 0 Å². The zero-order valence-corrected chi connectivity index (χ0v) is 16.5. The minimum atomic E-state index is -0.354. The van der Waals surface area contributed by atoms with Crippen LogP contribution in [0.25, 0.3) is 0 Å². The maximum atomic E-state index is 12.9. The Labute approximate surface area is 164 Å². The fourth-order valence-corrected chi connectivity index (χ4v) is 6.21. The van der Waals surface area contributed by atoms with E-state index in [9.17, 15) is 9.90 Å². The van der Waals surface area contributed by atoms with Gasteiger partial charge in [0.15, 0.2) is 11.5 Å². The minimum absolute atomic E-state index is 0.00931. The molecule has 5 rings (SSSR count). The van der Waals surface area contributed by atoms with Gasteiger partial charge < -0.3 is 15.3 Å². The van der Waals surface area contributed by atoms with Crippen LogP contribution in [0.3, 0.4) is 0 Å². The van der Waals surface area contributed by atoms with Crippen LogP contribution in [0, 0.1) is 11.3 Å². The van der Waals surface area contributed by atoms with E-state index in [0.717, 1.165) is 42.8 Å². The van der Waals surface area contributed by atoms with Crippen LogP contribution in [0.2, 0.25) is 0 Å². The number of phenolic OH excluding ortho intramolecular Hbond substituents is 1. The number of piperidine rings is 1. The third-order valence-corrected chi connectivity index (χ3v) is 7.27. The number of hydrogen-bond donors (Lipinski definition) is 2. The molecule has 6 nitrogen and oxygen atoms in total. The molecule has 146 valence electrons. The Morgan fingerprint density at radius 1 is 1.43 bits per heavy atom.